The third kappa shape index (κ3) is 1.50. The fourth-order valence-electron chi connectivity index (χ4n) is 2.63. The Balaban J connectivity index is 2.29. The predicted molar refractivity (Wildman–Crippen MR) is 57.0 cm³/mol. The second kappa shape index (κ2) is 3.53. The van der Waals surface area contributed by atoms with Gasteiger partial charge >= 0.3 is 0 Å². The van der Waals surface area contributed by atoms with Gasteiger partial charge in [-0.3, -0.25) is 0 Å². The number of fused-ring (bicyclic) bond motifs is 1. The fourth-order valence-corrected chi connectivity index (χ4v) is 2.63. The van der Waals surface area contributed by atoms with Crippen LogP contribution in [0.25, 0.3) is 0 Å². The average molecular weight is 174 g/mol. The molecule has 0 saturated heterocycles. The summed E-state index contributed by atoms with van der Waals surface area (Å²) in [5, 5.41) is 0. The highest BCUT2D eigenvalue weighted by molar-refractivity contribution is 5.35. The van der Waals surface area contributed by atoms with E-state index in [2.05, 4.69) is 38.1 Å². The Labute approximate surface area is 81.0 Å². The lowest BCUT2D eigenvalue weighted by Crippen LogP contribution is -2.02. The van der Waals surface area contributed by atoms with E-state index in [-0.39, 0.29) is 0 Å². The molecule has 70 valence electrons. The van der Waals surface area contributed by atoms with E-state index in [9.17, 15) is 0 Å². The van der Waals surface area contributed by atoms with E-state index in [1.807, 2.05) is 0 Å². The third-order valence-electron chi connectivity index (χ3n) is 3.28. The first-order chi connectivity index (χ1) is 6.33. The van der Waals surface area contributed by atoms with E-state index in [1.165, 1.54) is 19.3 Å². The van der Waals surface area contributed by atoms with E-state index in [0.29, 0.717) is 0 Å². The van der Waals surface area contributed by atoms with Crippen molar-refractivity contribution in [1.82, 2.24) is 0 Å². The normalized spacial score (nSPS) is 26.0. The van der Waals surface area contributed by atoms with Gasteiger partial charge in [0, 0.05) is 0 Å². The molecule has 2 atom stereocenters. The molecule has 0 heterocycles. The van der Waals surface area contributed by atoms with Gasteiger partial charge in [0.2, 0.25) is 0 Å². The molecule has 1 aliphatic carbocycles. The highest BCUT2D eigenvalue weighted by atomic mass is 14.3. The Morgan fingerprint density at radius 1 is 1.31 bits per heavy atom. The first-order valence-corrected chi connectivity index (χ1v) is 5.40. The van der Waals surface area contributed by atoms with Crippen molar-refractivity contribution in [3.05, 3.63) is 35.4 Å². The van der Waals surface area contributed by atoms with Gasteiger partial charge in [0.25, 0.3) is 0 Å². The quantitative estimate of drug-likeness (QED) is 0.640. The second-order valence-corrected chi connectivity index (χ2v) is 4.28. The molecule has 0 nitrogen and oxygen atoms in total. The molecular formula is C13H18. The molecule has 0 bridgehead atoms. The molecule has 0 aliphatic heterocycles. The molecule has 1 aromatic rings. The zero-order valence-corrected chi connectivity index (χ0v) is 8.59. The van der Waals surface area contributed by atoms with Crippen molar-refractivity contribution in [2.45, 2.75) is 39.0 Å². The fraction of sp³-hybridized carbons (Fsp3) is 0.538. The van der Waals surface area contributed by atoms with Gasteiger partial charge in [-0.1, -0.05) is 44.5 Å². The second-order valence-electron chi connectivity index (χ2n) is 4.28. The van der Waals surface area contributed by atoms with Crippen LogP contribution in [0.4, 0.5) is 0 Å². The van der Waals surface area contributed by atoms with Crippen LogP contribution in [0.1, 0.15) is 43.7 Å². The van der Waals surface area contributed by atoms with E-state index in [1.54, 1.807) is 11.1 Å². The van der Waals surface area contributed by atoms with Gasteiger partial charge in [0.15, 0.2) is 0 Å². The highest BCUT2D eigenvalue weighted by Crippen LogP contribution is 2.40. The van der Waals surface area contributed by atoms with Gasteiger partial charge in [-0.05, 0) is 35.8 Å². The summed E-state index contributed by atoms with van der Waals surface area (Å²) in [7, 11) is 0. The Kier molecular flexibility index (Phi) is 2.39. The van der Waals surface area contributed by atoms with Crippen molar-refractivity contribution >= 4 is 0 Å². The predicted octanol–water partition coefficient (Wildman–Crippen LogP) is 3.76. The summed E-state index contributed by atoms with van der Waals surface area (Å²) in [5.74, 6) is 1.69. The van der Waals surface area contributed by atoms with Crippen LogP contribution in [-0.4, -0.2) is 0 Å². The summed E-state index contributed by atoms with van der Waals surface area (Å²) in [6.45, 7) is 4.67. The molecule has 1 aliphatic rings. The maximum atomic E-state index is 2.39. The number of hydrogen-bond donors (Lipinski definition) is 0. The Morgan fingerprint density at radius 3 is 2.85 bits per heavy atom. The number of hydrogen-bond acceptors (Lipinski definition) is 0. The molecule has 13 heavy (non-hydrogen) atoms. The molecule has 0 aromatic heterocycles. The van der Waals surface area contributed by atoms with E-state index >= 15 is 0 Å². The van der Waals surface area contributed by atoms with Gasteiger partial charge < -0.3 is 0 Å². The lowest BCUT2D eigenvalue weighted by molar-refractivity contribution is 0.466. The zero-order valence-electron chi connectivity index (χ0n) is 8.59. The summed E-state index contributed by atoms with van der Waals surface area (Å²) in [6, 6.07) is 8.96. The number of benzene rings is 1. The molecular weight excluding hydrogens is 156 g/mol. The van der Waals surface area contributed by atoms with Crippen molar-refractivity contribution in [2.24, 2.45) is 5.92 Å². The largest absolute Gasteiger partial charge is 0.0654 e. The lowest BCUT2D eigenvalue weighted by Gasteiger charge is -2.15. The average Bonchev–Trinajstić information content (AvgIpc) is 2.44. The van der Waals surface area contributed by atoms with Crippen molar-refractivity contribution in [2.75, 3.05) is 0 Å². The SMILES string of the molecule is CCC[C@@H]1c2ccccc2CC1C. The van der Waals surface area contributed by atoms with Gasteiger partial charge in [0.1, 0.15) is 0 Å². The lowest BCUT2D eigenvalue weighted by atomic mass is 9.90. The summed E-state index contributed by atoms with van der Waals surface area (Å²) < 4.78 is 0. The summed E-state index contributed by atoms with van der Waals surface area (Å²) in [4.78, 5) is 0. The van der Waals surface area contributed by atoms with Crippen molar-refractivity contribution in [3.63, 3.8) is 0 Å². The highest BCUT2D eigenvalue weighted by Gasteiger charge is 2.27. The van der Waals surface area contributed by atoms with E-state index < -0.39 is 0 Å². The molecule has 1 aromatic carbocycles. The molecule has 0 amide bonds. The van der Waals surface area contributed by atoms with Crippen LogP contribution in [0.5, 0.6) is 0 Å². The maximum absolute atomic E-state index is 2.39. The minimum Gasteiger partial charge on any atom is -0.0654 e. The Hall–Kier alpha value is -0.780. The standard InChI is InChI=1S/C13H18/c1-3-6-12-10(2)9-11-7-4-5-8-13(11)12/h4-5,7-8,10,12H,3,6,9H2,1-2H3/t10?,12-/m0/s1. The summed E-state index contributed by atoms with van der Waals surface area (Å²) >= 11 is 0. The van der Waals surface area contributed by atoms with Crippen molar-refractivity contribution in [1.29, 1.82) is 0 Å². The molecule has 0 radical (unpaired) electrons. The summed E-state index contributed by atoms with van der Waals surface area (Å²) in [6.07, 6.45) is 3.96. The van der Waals surface area contributed by atoms with Crippen LogP contribution in [0.15, 0.2) is 24.3 Å². The van der Waals surface area contributed by atoms with Crippen LogP contribution in [0.2, 0.25) is 0 Å². The first-order valence-electron chi connectivity index (χ1n) is 5.40. The van der Waals surface area contributed by atoms with Crippen LogP contribution in [0, 0.1) is 5.92 Å². The molecule has 0 spiro atoms. The zero-order chi connectivity index (χ0) is 9.26. The molecule has 0 fully saturated rings. The first kappa shape index (κ1) is 8.80. The Morgan fingerprint density at radius 2 is 2.08 bits per heavy atom. The summed E-state index contributed by atoms with van der Waals surface area (Å²) in [5.41, 5.74) is 3.21. The van der Waals surface area contributed by atoms with Crippen LogP contribution in [0.3, 0.4) is 0 Å². The van der Waals surface area contributed by atoms with Crippen molar-refractivity contribution in [3.8, 4) is 0 Å². The molecule has 0 N–H and O–H groups in total. The van der Waals surface area contributed by atoms with E-state index in [4.69, 9.17) is 0 Å². The molecule has 0 saturated carbocycles. The Bertz CT molecular complexity index is 288. The van der Waals surface area contributed by atoms with Crippen LogP contribution >= 0.6 is 0 Å². The third-order valence-corrected chi connectivity index (χ3v) is 3.28. The topological polar surface area (TPSA) is 0 Å². The van der Waals surface area contributed by atoms with Gasteiger partial charge in [-0.15, -0.1) is 0 Å². The minimum absolute atomic E-state index is 0.834. The minimum atomic E-state index is 0.834. The monoisotopic (exact) mass is 174 g/mol. The molecule has 0 heteroatoms. The molecule has 2 rings (SSSR count). The van der Waals surface area contributed by atoms with Gasteiger partial charge in [-0.2, -0.15) is 0 Å². The number of rotatable bonds is 2. The van der Waals surface area contributed by atoms with Crippen LogP contribution in [-0.2, 0) is 6.42 Å². The maximum Gasteiger partial charge on any atom is -0.0130 e. The molecule has 1 unspecified atom stereocenters. The van der Waals surface area contributed by atoms with Gasteiger partial charge in [-0.25, -0.2) is 0 Å². The van der Waals surface area contributed by atoms with Crippen LogP contribution < -0.4 is 0 Å². The van der Waals surface area contributed by atoms with Crippen molar-refractivity contribution < 1.29 is 0 Å². The van der Waals surface area contributed by atoms with E-state index in [0.717, 1.165) is 11.8 Å². The smallest absolute Gasteiger partial charge is 0.0130 e. The van der Waals surface area contributed by atoms with Gasteiger partial charge in [0.05, 0.1) is 0 Å².